The lowest BCUT2D eigenvalue weighted by Gasteiger charge is -2.23. The molecule has 0 heterocycles. The van der Waals surface area contributed by atoms with Crippen LogP contribution < -0.4 is 14.8 Å². The molecule has 0 aliphatic heterocycles. The highest BCUT2D eigenvalue weighted by atomic mass is 127. The molecule has 0 saturated carbocycles. The lowest BCUT2D eigenvalue weighted by atomic mass is 10.2. The van der Waals surface area contributed by atoms with Crippen LogP contribution in [0.15, 0.2) is 23.2 Å². The Morgan fingerprint density at radius 3 is 2.36 bits per heavy atom. The van der Waals surface area contributed by atoms with E-state index < -0.39 is 0 Å². The summed E-state index contributed by atoms with van der Waals surface area (Å²) < 4.78 is 10.8. The number of benzene rings is 1. The van der Waals surface area contributed by atoms with E-state index in [1.165, 1.54) is 6.42 Å². The molecule has 7 heteroatoms. The standard InChI is InChI=1S/C21H38N4O2.HI/c1-7-22-21(23-14-10-11-15-25(8-2)9-3)24(4)17-18-12-13-19(26-5)16-20(18)27-6;/h12-13,16H,7-11,14-15,17H2,1-6H3,(H,22,23);1H. The van der Waals surface area contributed by atoms with E-state index in [4.69, 9.17) is 14.5 Å². The molecule has 162 valence electrons. The summed E-state index contributed by atoms with van der Waals surface area (Å²) in [7, 11) is 5.41. The van der Waals surface area contributed by atoms with Crippen LogP contribution in [-0.2, 0) is 6.54 Å². The Morgan fingerprint density at radius 2 is 1.79 bits per heavy atom. The average Bonchev–Trinajstić information content (AvgIpc) is 2.70. The number of hydrogen-bond acceptors (Lipinski definition) is 4. The molecule has 0 aliphatic rings. The summed E-state index contributed by atoms with van der Waals surface area (Å²) in [6, 6.07) is 5.92. The third-order valence-corrected chi connectivity index (χ3v) is 4.64. The van der Waals surface area contributed by atoms with E-state index in [9.17, 15) is 0 Å². The molecule has 0 atom stereocenters. The second-order valence-electron chi connectivity index (χ2n) is 6.50. The van der Waals surface area contributed by atoms with Crippen LogP contribution in [0.4, 0.5) is 0 Å². The summed E-state index contributed by atoms with van der Waals surface area (Å²) in [5.74, 6) is 2.56. The van der Waals surface area contributed by atoms with E-state index >= 15 is 0 Å². The molecule has 0 radical (unpaired) electrons. The van der Waals surface area contributed by atoms with E-state index in [2.05, 4.69) is 42.9 Å². The predicted molar refractivity (Wildman–Crippen MR) is 129 cm³/mol. The normalized spacial score (nSPS) is 11.2. The molecule has 1 aromatic carbocycles. The van der Waals surface area contributed by atoms with Crippen LogP contribution in [0.25, 0.3) is 0 Å². The van der Waals surface area contributed by atoms with Crippen molar-refractivity contribution in [2.75, 3.05) is 54.0 Å². The van der Waals surface area contributed by atoms with Gasteiger partial charge in [0.2, 0.25) is 0 Å². The lowest BCUT2D eigenvalue weighted by Crippen LogP contribution is -2.38. The number of methoxy groups -OCH3 is 2. The minimum Gasteiger partial charge on any atom is -0.497 e. The SMILES string of the molecule is CCNC(=NCCCCN(CC)CC)N(C)Cc1ccc(OC)cc1OC.I. The quantitative estimate of drug-likeness (QED) is 0.202. The molecule has 0 amide bonds. The third-order valence-electron chi connectivity index (χ3n) is 4.64. The smallest absolute Gasteiger partial charge is 0.193 e. The third kappa shape index (κ3) is 9.32. The van der Waals surface area contributed by atoms with Crippen LogP contribution in [0.2, 0.25) is 0 Å². The Labute approximate surface area is 188 Å². The van der Waals surface area contributed by atoms with Gasteiger partial charge in [-0.1, -0.05) is 13.8 Å². The second-order valence-corrected chi connectivity index (χ2v) is 6.50. The number of aliphatic imine (C=N–C) groups is 1. The maximum Gasteiger partial charge on any atom is 0.193 e. The summed E-state index contributed by atoms with van der Waals surface area (Å²) in [5.41, 5.74) is 1.10. The fourth-order valence-electron chi connectivity index (χ4n) is 2.95. The van der Waals surface area contributed by atoms with Crippen LogP contribution in [0.3, 0.4) is 0 Å². The highest BCUT2D eigenvalue weighted by Gasteiger charge is 2.11. The number of hydrogen-bond donors (Lipinski definition) is 1. The van der Waals surface area contributed by atoms with Crippen LogP contribution in [-0.4, -0.2) is 69.8 Å². The molecule has 1 rings (SSSR count). The summed E-state index contributed by atoms with van der Waals surface area (Å²) in [6.45, 7) is 12.3. The number of nitrogens with one attached hydrogen (secondary N) is 1. The van der Waals surface area contributed by atoms with Gasteiger partial charge in [-0.25, -0.2) is 0 Å². The Morgan fingerprint density at radius 1 is 1.07 bits per heavy atom. The zero-order valence-corrected chi connectivity index (χ0v) is 20.8. The van der Waals surface area contributed by atoms with E-state index in [1.807, 2.05) is 18.2 Å². The molecule has 28 heavy (non-hydrogen) atoms. The van der Waals surface area contributed by atoms with Gasteiger partial charge in [0.1, 0.15) is 11.5 Å². The predicted octanol–water partition coefficient (Wildman–Crippen LogP) is 3.84. The molecule has 0 saturated heterocycles. The number of rotatable bonds is 12. The first-order chi connectivity index (χ1) is 13.1. The van der Waals surface area contributed by atoms with Gasteiger partial charge in [0, 0.05) is 38.3 Å². The number of halogens is 1. The average molecular weight is 506 g/mol. The van der Waals surface area contributed by atoms with Gasteiger partial charge in [0.05, 0.1) is 14.2 Å². The first kappa shape index (κ1) is 26.8. The maximum absolute atomic E-state index is 5.51. The summed E-state index contributed by atoms with van der Waals surface area (Å²) >= 11 is 0. The molecule has 0 unspecified atom stereocenters. The van der Waals surface area contributed by atoms with E-state index in [1.54, 1.807) is 14.2 Å². The number of nitrogens with zero attached hydrogens (tertiary/aromatic N) is 3. The molecular formula is C21H39IN4O2. The molecule has 1 aromatic rings. The van der Waals surface area contributed by atoms with E-state index in [0.717, 1.165) is 68.7 Å². The first-order valence-electron chi connectivity index (χ1n) is 10.0. The molecule has 1 N–H and O–H groups in total. The topological polar surface area (TPSA) is 49.3 Å². The molecular weight excluding hydrogens is 467 g/mol. The van der Waals surface area contributed by atoms with Crippen molar-refractivity contribution in [2.24, 2.45) is 4.99 Å². The number of unbranched alkanes of at least 4 members (excludes halogenated alkanes) is 1. The largest absolute Gasteiger partial charge is 0.497 e. The van der Waals surface area contributed by atoms with Crippen molar-refractivity contribution >= 4 is 29.9 Å². The molecule has 0 fully saturated rings. The van der Waals surface area contributed by atoms with Crippen molar-refractivity contribution in [3.8, 4) is 11.5 Å². The first-order valence-corrected chi connectivity index (χ1v) is 10.0. The zero-order valence-electron chi connectivity index (χ0n) is 18.5. The van der Waals surface area contributed by atoms with Gasteiger partial charge >= 0.3 is 0 Å². The molecule has 6 nitrogen and oxygen atoms in total. The van der Waals surface area contributed by atoms with Crippen molar-refractivity contribution in [3.05, 3.63) is 23.8 Å². The van der Waals surface area contributed by atoms with Crippen LogP contribution in [0, 0.1) is 0 Å². The Hall–Kier alpha value is -1.22. The summed E-state index contributed by atoms with van der Waals surface area (Å²) in [4.78, 5) is 9.39. The van der Waals surface area contributed by atoms with Crippen LogP contribution in [0.1, 0.15) is 39.2 Å². The fraction of sp³-hybridized carbons (Fsp3) is 0.667. The van der Waals surface area contributed by atoms with Crippen molar-refractivity contribution in [3.63, 3.8) is 0 Å². The highest BCUT2D eigenvalue weighted by Crippen LogP contribution is 2.25. The maximum atomic E-state index is 5.51. The Bertz CT molecular complexity index is 565. The Kier molecular flexibility index (Phi) is 15.0. The van der Waals surface area contributed by atoms with Gasteiger partial charge in [-0.05, 0) is 51.5 Å². The van der Waals surface area contributed by atoms with Crippen molar-refractivity contribution in [1.82, 2.24) is 15.1 Å². The monoisotopic (exact) mass is 506 g/mol. The van der Waals surface area contributed by atoms with Crippen molar-refractivity contribution in [2.45, 2.75) is 40.2 Å². The van der Waals surface area contributed by atoms with Gasteiger partial charge < -0.3 is 24.6 Å². The molecule has 0 bridgehead atoms. The van der Waals surface area contributed by atoms with Crippen molar-refractivity contribution in [1.29, 1.82) is 0 Å². The fourth-order valence-corrected chi connectivity index (χ4v) is 2.95. The van der Waals surface area contributed by atoms with Gasteiger partial charge in [0.15, 0.2) is 5.96 Å². The molecule has 0 aliphatic carbocycles. The van der Waals surface area contributed by atoms with Gasteiger partial charge in [-0.2, -0.15) is 0 Å². The van der Waals surface area contributed by atoms with E-state index in [-0.39, 0.29) is 24.0 Å². The van der Waals surface area contributed by atoms with E-state index in [0.29, 0.717) is 0 Å². The lowest BCUT2D eigenvalue weighted by molar-refractivity contribution is 0.297. The minimum atomic E-state index is 0. The molecule has 0 spiro atoms. The number of ether oxygens (including phenoxy) is 2. The van der Waals surface area contributed by atoms with Crippen LogP contribution in [0.5, 0.6) is 11.5 Å². The summed E-state index contributed by atoms with van der Waals surface area (Å²) in [6.07, 6.45) is 2.28. The van der Waals surface area contributed by atoms with Crippen molar-refractivity contribution < 1.29 is 9.47 Å². The van der Waals surface area contributed by atoms with Crippen LogP contribution >= 0.6 is 24.0 Å². The highest BCUT2D eigenvalue weighted by molar-refractivity contribution is 14.0. The molecule has 0 aromatic heterocycles. The van der Waals surface area contributed by atoms with Gasteiger partial charge in [0.25, 0.3) is 0 Å². The Balaban J connectivity index is 0.00000729. The summed E-state index contributed by atoms with van der Waals surface area (Å²) in [5, 5.41) is 3.38. The van der Waals surface area contributed by atoms with Gasteiger partial charge in [-0.3, -0.25) is 4.99 Å². The second kappa shape index (κ2) is 15.7. The van der Waals surface area contributed by atoms with Gasteiger partial charge in [-0.15, -0.1) is 24.0 Å². The zero-order chi connectivity index (χ0) is 20.1. The minimum absolute atomic E-state index is 0. The number of guanidine groups is 1.